The van der Waals surface area contributed by atoms with Crippen molar-refractivity contribution in [3.05, 3.63) is 28.0 Å². The van der Waals surface area contributed by atoms with Crippen LogP contribution in [-0.4, -0.2) is 46.7 Å². The quantitative estimate of drug-likeness (QED) is 0.871. The van der Waals surface area contributed by atoms with Crippen molar-refractivity contribution in [1.29, 1.82) is 0 Å². The average molecular weight is 309 g/mol. The standard InChI is InChI=1S/C15H19NO4S/c1-10-7-16(9-15(2,3)20-10)14(19)11-6-12(21-8-11)4-5-13(17)18/h4-6,8,10H,7,9H2,1-3H3,(H,17,18). The first-order valence-electron chi connectivity index (χ1n) is 6.73. The minimum absolute atomic E-state index is 0.00251. The zero-order chi connectivity index (χ0) is 15.6. The van der Waals surface area contributed by atoms with E-state index in [1.807, 2.05) is 20.8 Å². The fourth-order valence-corrected chi connectivity index (χ4v) is 3.27. The summed E-state index contributed by atoms with van der Waals surface area (Å²) in [6, 6.07) is 1.72. The fourth-order valence-electron chi connectivity index (χ4n) is 2.50. The largest absolute Gasteiger partial charge is 0.478 e. The Labute approximate surface area is 127 Å². The lowest BCUT2D eigenvalue weighted by Crippen LogP contribution is -2.53. The molecule has 0 bridgehead atoms. The highest BCUT2D eigenvalue weighted by Gasteiger charge is 2.34. The van der Waals surface area contributed by atoms with E-state index in [0.29, 0.717) is 18.7 Å². The summed E-state index contributed by atoms with van der Waals surface area (Å²) in [6.07, 6.45) is 2.57. The number of ether oxygens (including phenoxy) is 1. The molecule has 6 heteroatoms. The van der Waals surface area contributed by atoms with Crippen molar-refractivity contribution in [2.75, 3.05) is 13.1 Å². The number of hydrogen-bond acceptors (Lipinski definition) is 4. The molecule has 1 fully saturated rings. The van der Waals surface area contributed by atoms with Crippen LogP contribution >= 0.6 is 11.3 Å². The molecule has 114 valence electrons. The Morgan fingerprint density at radius 1 is 1.52 bits per heavy atom. The van der Waals surface area contributed by atoms with Crippen molar-refractivity contribution in [1.82, 2.24) is 4.90 Å². The van der Waals surface area contributed by atoms with Crippen molar-refractivity contribution >= 4 is 29.3 Å². The Morgan fingerprint density at radius 3 is 2.86 bits per heavy atom. The number of carbonyl (C=O) groups is 2. The van der Waals surface area contributed by atoms with Gasteiger partial charge in [0.15, 0.2) is 0 Å². The Morgan fingerprint density at radius 2 is 2.24 bits per heavy atom. The molecule has 1 aliphatic heterocycles. The van der Waals surface area contributed by atoms with Crippen LogP contribution in [0.4, 0.5) is 0 Å². The molecule has 2 rings (SSSR count). The Balaban J connectivity index is 2.11. The second kappa shape index (κ2) is 5.99. The van der Waals surface area contributed by atoms with Crippen LogP contribution in [0.25, 0.3) is 6.08 Å². The summed E-state index contributed by atoms with van der Waals surface area (Å²) in [5.74, 6) is -1.04. The van der Waals surface area contributed by atoms with E-state index >= 15 is 0 Å². The van der Waals surface area contributed by atoms with Gasteiger partial charge in [-0.1, -0.05) is 0 Å². The molecule has 1 unspecified atom stereocenters. The van der Waals surface area contributed by atoms with Crippen LogP contribution in [-0.2, 0) is 9.53 Å². The van der Waals surface area contributed by atoms with E-state index in [-0.39, 0.29) is 17.6 Å². The minimum atomic E-state index is -1.000. The zero-order valence-electron chi connectivity index (χ0n) is 12.3. The molecule has 1 saturated heterocycles. The molecule has 1 atom stereocenters. The number of aliphatic carboxylic acids is 1. The van der Waals surface area contributed by atoms with Crippen molar-refractivity contribution in [2.45, 2.75) is 32.5 Å². The maximum absolute atomic E-state index is 12.5. The van der Waals surface area contributed by atoms with Crippen molar-refractivity contribution in [2.24, 2.45) is 0 Å². The predicted molar refractivity (Wildman–Crippen MR) is 81.5 cm³/mol. The van der Waals surface area contributed by atoms with Gasteiger partial charge in [-0.3, -0.25) is 4.79 Å². The number of nitrogens with zero attached hydrogens (tertiary/aromatic N) is 1. The maximum Gasteiger partial charge on any atom is 0.328 e. The minimum Gasteiger partial charge on any atom is -0.478 e. The predicted octanol–water partition coefficient (Wildman–Crippen LogP) is 2.49. The molecule has 1 amide bonds. The van der Waals surface area contributed by atoms with E-state index in [4.69, 9.17) is 9.84 Å². The summed E-state index contributed by atoms with van der Waals surface area (Å²) >= 11 is 1.36. The maximum atomic E-state index is 12.5. The van der Waals surface area contributed by atoms with Gasteiger partial charge in [-0.2, -0.15) is 0 Å². The number of carbonyl (C=O) groups excluding carboxylic acids is 1. The SMILES string of the molecule is CC1CN(C(=O)c2csc(C=CC(=O)O)c2)CC(C)(C)O1. The second-order valence-corrected chi connectivity index (χ2v) is 6.73. The van der Waals surface area contributed by atoms with Crippen molar-refractivity contribution in [3.8, 4) is 0 Å². The molecular formula is C15H19NO4S. The van der Waals surface area contributed by atoms with Crippen LogP contribution in [0.5, 0.6) is 0 Å². The number of rotatable bonds is 3. The van der Waals surface area contributed by atoms with Gasteiger partial charge in [0.2, 0.25) is 0 Å². The molecule has 2 heterocycles. The lowest BCUT2D eigenvalue weighted by atomic mass is 10.0. The molecule has 1 aliphatic rings. The van der Waals surface area contributed by atoms with Gasteiger partial charge in [0.05, 0.1) is 17.3 Å². The third-order valence-electron chi connectivity index (χ3n) is 3.11. The molecule has 0 aromatic carbocycles. The topological polar surface area (TPSA) is 66.8 Å². The molecule has 0 radical (unpaired) electrons. The fraction of sp³-hybridized carbons (Fsp3) is 0.467. The lowest BCUT2D eigenvalue weighted by molar-refractivity contribution is -0.131. The summed E-state index contributed by atoms with van der Waals surface area (Å²) in [6.45, 7) is 7.01. The smallest absolute Gasteiger partial charge is 0.328 e. The van der Waals surface area contributed by atoms with E-state index in [0.717, 1.165) is 11.0 Å². The summed E-state index contributed by atoms with van der Waals surface area (Å²) in [5, 5.41) is 10.4. The van der Waals surface area contributed by atoms with Gasteiger partial charge in [-0.25, -0.2) is 4.79 Å². The molecule has 1 N–H and O–H groups in total. The van der Waals surface area contributed by atoms with Crippen LogP contribution in [0, 0.1) is 0 Å². The molecular weight excluding hydrogens is 290 g/mol. The van der Waals surface area contributed by atoms with Crippen molar-refractivity contribution < 1.29 is 19.4 Å². The summed E-state index contributed by atoms with van der Waals surface area (Å²) in [5.41, 5.74) is 0.241. The van der Waals surface area contributed by atoms with E-state index in [1.54, 1.807) is 16.3 Å². The van der Waals surface area contributed by atoms with Gasteiger partial charge in [0.25, 0.3) is 5.91 Å². The van der Waals surface area contributed by atoms with Crippen LogP contribution in [0.1, 0.15) is 36.0 Å². The lowest BCUT2D eigenvalue weighted by Gasteiger charge is -2.41. The summed E-state index contributed by atoms with van der Waals surface area (Å²) in [7, 11) is 0. The Kier molecular flexibility index (Phi) is 4.49. The number of carboxylic acids is 1. The molecule has 0 aliphatic carbocycles. The third kappa shape index (κ3) is 4.15. The van der Waals surface area contributed by atoms with E-state index in [1.165, 1.54) is 17.4 Å². The molecule has 0 spiro atoms. The van der Waals surface area contributed by atoms with E-state index in [2.05, 4.69) is 0 Å². The van der Waals surface area contributed by atoms with Crippen LogP contribution in [0.2, 0.25) is 0 Å². The summed E-state index contributed by atoms with van der Waals surface area (Å²) in [4.78, 5) is 25.6. The van der Waals surface area contributed by atoms with Gasteiger partial charge in [0, 0.05) is 29.4 Å². The van der Waals surface area contributed by atoms with Crippen LogP contribution in [0.3, 0.4) is 0 Å². The first-order chi connectivity index (χ1) is 9.77. The van der Waals surface area contributed by atoms with Gasteiger partial charge in [-0.05, 0) is 32.9 Å². The highest BCUT2D eigenvalue weighted by atomic mass is 32.1. The van der Waals surface area contributed by atoms with Crippen molar-refractivity contribution in [3.63, 3.8) is 0 Å². The van der Waals surface area contributed by atoms with Crippen LogP contribution < -0.4 is 0 Å². The highest BCUT2D eigenvalue weighted by molar-refractivity contribution is 7.11. The molecule has 1 aromatic heterocycles. The second-order valence-electron chi connectivity index (χ2n) is 5.78. The number of thiophene rings is 1. The van der Waals surface area contributed by atoms with Gasteiger partial charge in [-0.15, -0.1) is 11.3 Å². The number of carboxylic acid groups (broad SMARTS) is 1. The van der Waals surface area contributed by atoms with E-state index < -0.39 is 5.97 Å². The first kappa shape index (κ1) is 15.7. The zero-order valence-corrected chi connectivity index (χ0v) is 13.1. The van der Waals surface area contributed by atoms with Gasteiger partial charge >= 0.3 is 5.97 Å². The monoisotopic (exact) mass is 309 g/mol. The Bertz CT molecular complexity index is 576. The number of hydrogen-bond donors (Lipinski definition) is 1. The number of morpholine rings is 1. The highest BCUT2D eigenvalue weighted by Crippen LogP contribution is 2.24. The molecule has 5 nitrogen and oxygen atoms in total. The van der Waals surface area contributed by atoms with Gasteiger partial charge in [0.1, 0.15) is 0 Å². The molecule has 1 aromatic rings. The average Bonchev–Trinajstić information content (AvgIpc) is 2.81. The normalized spacial score (nSPS) is 21.7. The molecule has 21 heavy (non-hydrogen) atoms. The summed E-state index contributed by atoms with van der Waals surface area (Å²) < 4.78 is 5.79. The number of amides is 1. The van der Waals surface area contributed by atoms with E-state index in [9.17, 15) is 9.59 Å². The molecule has 0 saturated carbocycles. The first-order valence-corrected chi connectivity index (χ1v) is 7.61. The van der Waals surface area contributed by atoms with Gasteiger partial charge < -0.3 is 14.7 Å². The Hall–Kier alpha value is -1.66. The van der Waals surface area contributed by atoms with Crippen LogP contribution in [0.15, 0.2) is 17.5 Å². The third-order valence-corrected chi connectivity index (χ3v) is 4.01.